The summed E-state index contributed by atoms with van der Waals surface area (Å²) in [5.41, 5.74) is 0.743. The lowest BCUT2D eigenvalue weighted by molar-refractivity contribution is -0.131. The summed E-state index contributed by atoms with van der Waals surface area (Å²) in [5.74, 6) is -0.156. The van der Waals surface area contributed by atoms with Crippen molar-refractivity contribution < 1.29 is 19.4 Å². The van der Waals surface area contributed by atoms with E-state index in [0.717, 1.165) is 11.3 Å². The summed E-state index contributed by atoms with van der Waals surface area (Å²) in [6.07, 6.45) is 2.87. The third kappa shape index (κ3) is 2.31. The Hall–Kier alpha value is -1.81. The number of carbonyl (C=O) groups is 1. The number of carboxylic acids is 1. The number of rotatable bonds is 4. The van der Waals surface area contributed by atoms with Crippen LogP contribution in [0.25, 0.3) is 0 Å². The molecule has 4 heteroatoms. The van der Waals surface area contributed by atoms with Gasteiger partial charge in [0.05, 0.1) is 25.7 Å². The van der Waals surface area contributed by atoms with Crippen LogP contribution in [0, 0.1) is 0 Å². The van der Waals surface area contributed by atoms with Crippen molar-refractivity contribution in [3.05, 3.63) is 42.0 Å². The summed E-state index contributed by atoms with van der Waals surface area (Å²) >= 11 is 0. The highest BCUT2D eigenvalue weighted by Gasteiger charge is 2.37. The quantitative estimate of drug-likeness (QED) is 0.804. The maximum absolute atomic E-state index is 10.6. The predicted octanol–water partition coefficient (Wildman–Crippen LogP) is 1.60. The standard InChI is InChI=1S/C13H14O4/c1-16-11-4-2-10(3-5-11)13(8-17-9-13)7-6-12(14)15/h2-7H,8-9H2,1H3,(H,14,15)/b7-6+. The summed E-state index contributed by atoms with van der Waals surface area (Å²) in [4.78, 5) is 10.6. The van der Waals surface area contributed by atoms with E-state index in [4.69, 9.17) is 14.6 Å². The van der Waals surface area contributed by atoms with E-state index in [1.54, 1.807) is 13.2 Å². The average molecular weight is 234 g/mol. The summed E-state index contributed by atoms with van der Waals surface area (Å²) in [6.45, 7) is 1.03. The fourth-order valence-electron chi connectivity index (χ4n) is 1.83. The van der Waals surface area contributed by atoms with Crippen molar-refractivity contribution in [2.75, 3.05) is 20.3 Å². The smallest absolute Gasteiger partial charge is 0.328 e. The normalized spacial score (nSPS) is 17.7. The molecule has 1 heterocycles. The predicted molar refractivity (Wildman–Crippen MR) is 62.3 cm³/mol. The number of hydrogen-bond donors (Lipinski definition) is 1. The van der Waals surface area contributed by atoms with E-state index < -0.39 is 5.97 Å². The molecular formula is C13H14O4. The first kappa shape index (κ1) is 11.7. The van der Waals surface area contributed by atoms with Crippen LogP contribution in [0.3, 0.4) is 0 Å². The maximum Gasteiger partial charge on any atom is 0.328 e. The lowest BCUT2D eigenvalue weighted by atomic mass is 9.78. The van der Waals surface area contributed by atoms with E-state index >= 15 is 0 Å². The molecule has 2 rings (SSSR count). The molecule has 0 unspecified atom stereocenters. The molecule has 1 aromatic rings. The molecule has 1 fully saturated rings. The number of aliphatic carboxylic acids is 1. The lowest BCUT2D eigenvalue weighted by Crippen LogP contribution is -2.45. The minimum Gasteiger partial charge on any atom is -0.497 e. The van der Waals surface area contributed by atoms with Crippen LogP contribution in [-0.2, 0) is 14.9 Å². The number of carboxylic acid groups (broad SMARTS) is 1. The van der Waals surface area contributed by atoms with E-state index in [-0.39, 0.29) is 5.41 Å². The van der Waals surface area contributed by atoms with Crippen molar-refractivity contribution in [2.45, 2.75) is 5.41 Å². The van der Waals surface area contributed by atoms with Crippen LogP contribution < -0.4 is 4.74 Å². The Morgan fingerprint density at radius 2 is 2.06 bits per heavy atom. The molecule has 90 valence electrons. The van der Waals surface area contributed by atoms with E-state index in [0.29, 0.717) is 13.2 Å². The second-order valence-electron chi connectivity index (χ2n) is 4.05. The Balaban J connectivity index is 2.25. The summed E-state index contributed by atoms with van der Waals surface area (Å²) < 4.78 is 10.3. The van der Waals surface area contributed by atoms with Crippen LogP contribution in [-0.4, -0.2) is 31.4 Å². The molecule has 1 saturated heterocycles. The van der Waals surface area contributed by atoms with Gasteiger partial charge in [0.15, 0.2) is 0 Å². The van der Waals surface area contributed by atoms with Crippen molar-refractivity contribution in [1.82, 2.24) is 0 Å². The van der Waals surface area contributed by atoms with Crippen LogP contribution >= 0.6 is 0 Å². The molecular weight excluding hydrogens is 220 g/mol. The van der Waals surface area contributed by atoms with Gasteiger partial charge in [-0.3, -0.25) is 0 Å². The Morgan fingerprint density at radius 1 is 1.41 bits per heavy atom. The third-order valence-corrected chi connectivity index (χ3v) is 2.93. The van der Waals surface area contributed by atoms with Crippen LogP contribution in [0.5, 0.6) is 5.75 Å². The SMILES string of the molecule is COc1ccc(C2(/C=C/C(=O)O)COC2)cc1. The minimum absolute atomic E-state index is 0.301. The fraction of sp³-hybridized carbons (Fsp3) is 0.308. The molecule has 1 aliphatic rings. The molecule has 0 saturated carbocycles. The number of benzene rings is 1. The minimum atomic E-state index is -0.940. The molecule has 1 aliphatic heterocycles. The van der Waals surface area contributed by atoms with Gasteiger partial charge in [0.1, 0.15) is 5.75 Å². The van der Waals surface area contributed by atoms with Crippen molar-refractivity contribution in [3.63, 3.8) is 0 Å². The first-order valence-corrected chi connectivity index (χ1v) is 5.31. The number of ether oxygens (including phenoxy) is 2. The topological polar surface area (TPSA) is 55.8 Å². The molecule has 0 amide bonds. The summed E-state index contributed by atoms with van der Waals surface area (Å²) in [6, 6.07) is 7.61. The zero-order chi connectivity index (χ0) is 12.3. The van der Waals surface area contributed by atoms with Gasteiger partial charge in [0.25, 0.3) is 0 Å². The van der Waals surface area contributed by atoms with E-state index in [1.807, 2.05) is 24.3 Å². The number of methoxy groups -OCH3 is 1. The van der Waals surface area contributed by atoms with Crippen LogP contribution in [0.4, 0.5) is 0 Å². The van der Waals surface area contributed by atoms with Crippen LogP contribution in [0.1, 0.15) is 5.56 Å². The molecule has 0 atom stereocenters. The first-order valence-electron chi connectivity index (χ1n) is 5.31. The van der Waals surface area contributed by atoms with Gasteiger partial charge in [-0.15, -0.1) is 0 Å². The third-order valence-electron chi connectivity index (χ3n) is 2.93. The zero-order valence-electron chi connectivity index (χ0n) is 9.55. The fourth-order valence-corrected chi connectivity index (χ4v) is 1.83. The molecule has 0 bridgehead atoms. The molecule has 1 N–H and O–H groups in total. The van der Waals surface area contributed by atoms with E-state index in [9.17, 15) is 4.79 Å². The van der Waals surface area contributed by atoms with Gasteiger partial charge in [-0.25, -0.2) is 4.79 Å². The molecule has 0 aliphatic carbocycles. The monoisotopic (exact) mass is 234 g/mol. The van der Waals surface area contributed by atoms with Gasteiger partial charge in [0, 0.05) is 6.08 Å². The van der Waals surface area contributed by atoms with Crippen LogP contribution in [0.15, 0.2) is 36.4 Å². The lowest BCUT2D eigenvalue weighted by Gasteiger charge is -2.39. The highest BCUT2D eigenvalue weighted by molar-refractivity contribution is 5.80. The summed E-state index contributed by atoms with van der Waals surface area (Å²) in [7, 11) is 1.61. The molecule has 0 radical (unpaired) electrons. The van der Waals surface area contributed by atoms with Crippen molar-refractivity contribution in [3.8, 4) is 5.75 Å². The van der Waals surface area contributed by atoms with E-state index in [1.165, 1.54) is 6.08 Å². The van der Waals surface area contributed by atoms with Crippen molar-refractivity contribution in [2.24, 2.45) is 0 Å². The average Bonchev–Trinajstić information content (AvgIpc) is 2.28. The van der Waals surface area contributed by atoms with E-state index in [2.05, 4.69) is 0 Å². The Morgan fingerprint density at radius 3 is 2.47 bits per heavy atom. The van der Waals surface area contributed by atoms with Gasteiger partial charge >= 0.3 is 5.97 Å². The van der Waals surface area contributed by atoms with Crippen molar-refractivity contribution in [1.29, 1.82) is 0 Å². The zero-order valence-corrected chi connectivity index (χ0v) is 9.55. The van der Waals surface area contributed by atoms with Gasteiger partial charge in [-0.1, -0.05) is 18.2 Å². The molecule has 17 heavy (non-hydrogen) atoms. The number of hydrogen-bond acceptors (Lipinski definition) is 3. The maximum atomic E-state index is 10.6. The largest absolute Gasteiger partial charge is 0.497 e. The van der Waals surface area contributed by atoms with Gasteiger partial charge in [0.2, 0.25) is 0 Å². The van der Waals surface area contributed by atoms with Crippen molar-refractivity contribution >= 4 is 5.97 Å². The highest BCUT2D eigenvalue weighted by Crippen LogP contribution is 2.34. The summed E-state index contributed by atoms with van der Waals surface area (Å²) in [5, 5.41) is 8.68. The Bertz CT molecular complexity index is 429. The Labute approximate surface area is 99.5 Å². The second kappa shape index (κ2) is 4.59. The second-order valence-corrected chi connectivity index (χ2v) is 4.05. The molecule has 1 aromatic carbocycles. The molecule has 4 nitrogen and oxygen atoms in total. The highest BCUT2D eigenvalue weighted by atomic mass is 16.5. The molecule has 0 aromatic heterocycles. The van der Waals surface area contributed by atoms with Gasteiger partial charge in [-0.05, 0) is 17.7 Å². The van der Waals surface area contributed by atoms with Gasteiger partial charge in [-0.2, -0.15) is 0 Å². The Kier molecular flexibility index (Phi) is 3.15. The first-order chi connectivity index (χ1) is 8.16. The van der Waals surface area contributed by atoms with Crippen LogP contribution in [0.2, 0.25) is 0 Å². The van der Waals surface area contributed by atoms with Gasteiger partial charge < -0.3 is 14.6 Å². The molecule has 0 spiro atoms.